The van der Waals surface area contributed by atoms with Gasteiger partial charge in [0.15, 0.2) is 12.4 Å². The Labute approximate surface area is 668 Å². The van der Waals surface area contributed by atoms with Crippen molar-refractivity contribution < 1.29 is 49.6 Å². The maximum Gasteiger partial charge on any atom is 0.425 e. The third kappa shape index (κ3) is 21.4. The quantitative estimate of drug-likeness (QED) is 0.0141. The van der Waals surface area contributed by atoms with Crippen LogP contribution in [0.5, 0.6) is 0 Å². The van der Waals surface area contributed by atoms with Gasteiger partial charge in [0.1, 0.15) is 24.7 Å². The second-order valence-electron chi connectivity index (χ2n) is 29.8. The number of anilines is 3. The number of allylic oxidation sites excluding steroid dienone is 15. The van der Waals surface area contributed by atoms with Gasteiger partial charge in [-0.15, -0.1) is 12.6 Å². The van der Waals surface area contributed by atoms with Gasteiger partial charge < -0.3 is 27.9 Å². The van der Waals surface area contributed by atoms with E-state index in [1.54, 1.807) is 13.8 Å². The van der Waals surface area contributed by atoms with Crippen LogP contribution in [0.4, 0.5) is 30.2 Å². The van der Waals surface area contributed by atoms with Crippen LogP contribution in [0.15, 0.2) is 239 Å². The summed E-state index contributed by atoms with van der Waals surface area (Å²) in [5.41, 5.74) is 17.1. The summed E-state index contributed by atoms with van der Waals surface area (Å²) in [6, 6.07) is 44.0. The summed E-state index contributed by atoms with van der Waals surface area (Å²) in [5, 5.41) is 10.5. The minimum atomic E-state index is -3.11. The Bertz CT molecular complexity index is 4880. The molecule has 4 aliphatic heterocycles. The van der Waals surface area contributed by atoms with Gasteiger partial charge in [-0.25, -0.2) is 9.42 Å². The fourth-order valence-corrected chi connectivity index (χ4v) is 15.0. The number of nitrogens with zero attached hydrogens (tertiary/aromatic N) is 8. The summed E-state index contributed by atoms with van der Waals surface area (Å²) in [6.07, 6.45) is 35.8. The largest absolute Gasteiger partial charge is 0.425 e. The lowest BCUT2D eigenvalue weighted by Gasteiger charge is -2.29. The molecule has 0 unspecified atom stereocenters. The highest BCUT2D eigenvalue weighted by Gasteiger charge is 2.43. The summed E-state index contributed by atoms with van der Waals surface area (Å²) in [5.74, 6) is -2.09. The molecule has 5 aromatic carbocycles. The van der Waals surface area contributed by atoms with Crippen LogP contribution in [0.2, 0.25) is 0 Å². The topological polar surface area (TPSA) is 167 Å². The third-order valence-corrected chi connectivity index (χ3v) is 21.5. The Morgan fingerprint density at radius 3 is 1.40 bits per heavy atom. The standard InChI is InChI=1S/C93H107N8O4.CF3.O3S/c1-14-20-57-96(58-21-15-2)74-49-45-72(46-50-74)78(70-41-37-68(38-42-70)64-100-88(102)76(66(7)80(63-94)90(100)104)53-55-85-92(9,10)81-33-26-28-35-83(81)98(85)61-24-18-5)31-30-32-79(73-47-51-75(52-48-73)97(59-22-16-3)60-23-17-4)71-43-39-69(40-44-71)65-101-89(103)77(67(8)87(95-13)91(101)105)54-56-86-93(11,12)82-34-27-29-36-84(82)99(86)62-25-19-6;2-1(3)4;1-4(2)3/h26-56H,14-25,57-62,64-65H2,1-12H3;;/q+1;-1;. The Hall–Kier alpha value is -11.0. The summed E-state index contributed by atoms with van der Waals surface area (Å²) in [6.45, 7) is 36.1. The molecule has 10 rings (SSSR count). The minimum Gasteiger partial charge on any atom is -0.385 e. The molecule has 0 N–H and O–H groups in total. The van der Waals surface area contributed by atoms with Crippen molar-refractivity contribution in [1.82, 2.24) is 9.80 Å². The SMILES string of the molecule is F[C-](F)F.O=S(=O)=O.[C-]#[N+]C1=C(C)C(=CC=C2N(CCCC)c3ccccc3C2(C)C)C(=O)N(Cc2ccc(C(=CC=CC(=C3C=CC(=[N+](CCCC)CCCC)C=C3)c3ccc(CN4C(=O)C(=CC=C5N(CCCC)c6ccccc6C5(C)C)C(C)=C(C#N)C4=O)cc3)c3ccc(N(CCCC)CCCC)cc3)cc2)C1=O. The van der Waals surface area contributed by atoms with Gasteiger partial charge in [-0.3, -0.25) is 29.0 Å². The van der Waals surface area contributed by atoms with Crippen molar-refractivity contribution in [3.05, 3.63) is 296 Å². The number of fused-ring (bicyclic) bond motifs is 2. The maximum absolute atomic E-state index is 14.8. The maximum atomic E-state index is 14.8. The first-order valence-corrected chi connectivity index (χ1v) is 40.5. The molecular weight excluding hydrogens is 1440 g/mol. The molecule has 0 radical (unpaired) electrons. The van der Waals surface area contributed by atoms with Gasteiger partial charge in [-0.05, 0) is 167 Å². The van der Waals surface area contributed by atoms with E-state index < -0.39 is 40.9 Å². The fourth-order valence-electron chi connectivity index (χ4n) is 15.0. The lowest BCUT2D eigenvalue weighted by molar-refractivity contribution is -0.527. The first kappa shape index (κ1) is 87.6. The Morgan fingerprint density at radius 1 is 0.549 bits per heavy atom. The number of imide groups is 2. The zero-order valence-electron chi connectivity index (χ0n) is 67.5. The van der Waals surface area contributed by atoms with Crippen LogP contribution < -0.4 is 14.7 Å². The van der Waals surface area contributed by atoms with Crippen LogP contribution in [-0.2, 0) is 53.7 Å². The number of para-hydroxylation sites is 2. The molecule has 4 amide bonds. The number of benzene rings is 5. The highest BCUT2D eigenvalue weighted by molar-refractivity contribution is 7.59. The highest BCUT2D eigenvalue weighted by atomic mass is 32.2. The fraction of sp³-hybridized carbons (Fsp3) is 0.362. The van der Waals surface area contributed by atoms with Crippen LogP contribution in [0.25, 0.3) is 16.0 Å². The summed E-state index contributed by atoms with van der Waals surface area (Å²) in [4.78, 5) is 71.4. The molecule has 0 spiro atoms. The number of unbranched alkanes of at least 4 members (excludes halogenated alkanes) is 6. The molecule has 592 valence electrons. The first-order valence-electron chi connectivity index (χ1n) is 39.5. The lowest BCUT2D eigenvalue weighted by Crippen LogP contribution is -2.42. The van der Waals surface area contributed by atoms with E-state index in [9.17, 15) is 37.6 Å². The van der Waals surface area contributed by atoms with E-state index in [1.165, 1.54) is 32.3 Å². The molecule has 4 heterocycles. The zero-order chi connectivity index (χ0) is 82.1. The van der Waals surface area contributed by atoms with Crippen LogP contribution in [0.3, 0.4) is 0 Å². The van der Waals surface area contributed by atoms with E-state index in [-0.39, 0.29) is 35.2 Å². The van der Waals surface area contributed by atoms with Crippen LogP contribution in [0.1, 0.15) is 199 Å². The van der Waals surface area contributed by atoms with E-state index in [2.05, 4.69) is 215 Å². The van der Waals surface area contributed by atoms with Crippen LogP contribution in [-0.4, -0.2) is 95.6 Å². The molecular formula is C94H107F3N8O7S. The predicted molar refractivity (Wildman–Crippen MR) is 448 cm³/mol. The first-order chi connectivity index (χ1) is 54.3. The van der Waals surface area contributed by atoms with Crippen molar-refractivity contribution in [2.75, 3.05) is 54.0 Å². The third-order valence-electron chi connectivity index (χ3n) is 21.5. The van der Waals surface area contributed by atoms with Crippen molar-refractivity contribution in [3.63, 3.8) is 0 Å². The molecule has 19 heteroatoms. The van der Waals surface area contributed by atoms with Crippen molar-refractivity contribution in [3.8, 4) is 6.07 Å². The number of halogens is 3. The van der Waals surface area contributed by atoms with E-state index in [4.69, 9.17) is 19.2 Å². The second-order valence-corrected chi connectivity index (χ2v) is 30.2. The predicted octanol–water partition coefficient (Wildman–Crippen LogP) is 20.6. The number of hydrogen-bond acceptors (Lipinski definition) is 11. The number of rotatable bonds is 30. The van der Waals surface area contributed by atoms with E-state index in [0.29, 0.717) is 22.3 Å². The van der Waals surface area contributed by atoms with Crippen molar-refractivity contribution in [1.29, 1.82) is 5.26 Å². The Morgan fingerprint density at radius 2 is 0.965 bits per heavy atom. The molecule has 5 aromatic rings. The highest BCUT2D eigenvalue weighted by Crippen LogP contribution is 2.50. The molecule has 0 aromatic heterocycles. The molecule has 0 bridgehead atoms. The number of amides is 4. The minimum absolute atomic E-state index is 0.0207. The molecule has 0 saturated heterocycles. The van der Waals surface area contributed by atoms with Crippen LogP contribution in [0, 0.1) is 24.6 Å². The summed E-state index contributed by atoms with van der Waals surface area (Å²) >= 11 is 0. The average molecular weight is 1550 g/mol. The van der Waals surface area contributed by atoms with Crippen molar-refractivity contribution in [2.45, 2.75) is 184 Å². The normalized spacial score (nSPS) is 17.2. The summed E-state index contributed by atoms with van der Waals surface area (Å²) < 4.78 is 56.6. The van der Waals surface area contributed by atoms with Crippen LogP contribution >= 0.6 is 0 Å². The molecule has 0 saturated carbocycles. The molecule has 113 heavy (non-hydrogen) atoms. The zero-order valence-corrected chi connectivity index (χ0v) is 68.3. The van der Waals surface area contributed by atoms with E-state index >= 15 is 0 Å². The van der Waals surface area contributed by atoms with Crippen molar-refractivity contribution >= 4 is 68.2 Å². The monoisotopic (exact) mass is 1550 g/mol. The second kappa shape index (κ2) is 41.5. The molecule has 0 fully saturated rings. The van der Waals surface area contributed by atoms with E-state index in [0.717, 1.165) is 184 Å². The smallest absolute Gasteiger partial charge is 0.385 e. The number of carbonyl (C=O) groups excluding carboxylic acids is 4. The lowest BCUT2D eigenvalue weighted by atomic mass is 9.83. The van der Waals surface area contributed by atoms with Gasteiger partial charge in [-0.1, -0.05) is 223 Å². The van der Waals surface area contributed by atoms with Gasteiger partial charge in [0, 0.05) is 102 Å². The number of carbonyl (C=O) groups is 4. The van der Waals surface area contributed by atoms with Gasteiger partial charge in [-0.2, -0.15) is 5.26 Å². The molecule has 0 atom stereocenters. The average Bonchev–Trinajstić information content (AvgIpc) is 1.63. The van der Waals surface area contributed by atoms with Crippen molar-refractivity contribution in [2.24, 2.45) is 0 Å². The molecule has 5 aliphatic rings. The number of hydrogen-bond donors (Lipinski definition) is 0. The summed E-state index contributed by atoms with van der Waals surface area (Å²) in [7, 11) is -3.11. The number of nitriles is 1. The van der Waals surface area contributed by atoms with Gasteiger partial charge in [0.25, 0.3) is 29.3 Å². The Kier molecular flexibility index (Phi) is 32.1. The van der Waals surface area contributed by atoms with Gasteiger partial charge >= 0.3 is 10.6 Å². The Balaban J connectivity index is 0.00000191. The molecule has 15 nitrogen and oxygen atoms in total. The molecule has 1 aliphatic carbocycles. The van der Waals surface area contributed by atoms with Gasteiger partial charge in [0.05, 0.1) is 19.7 Å². The van der Waals surface area contributed by atoms with E-state index in [1.807, 2.05) is 72.8 Å². The van der Waals surface area contributed by atoms with Gasteiger partial charge in [0.2, 0.25) is 0 Å².